The lowest BCUT2D eigenvalue weighted by Crippen LogP contribution is -2.23. The summed E-state index contributed by atoms with van der Waals surface area (Å²) in [6.07, 6.45) is -4.31. The van der Waals surface area contributed by atoms with E-state index in [0.717, 1.165) is 6.07 Å². The van der Waals surface area contributed by atoms with Crippen LogP contribution in [0.2, 0.25) is 0 Å². The fourth-order valence-electron chi connectivity index (χ4n) is 1.06. The lowest BCUT2D eigenvalue weighted by atomic mass is 10.1. The molecular formula is C8H10ClF3N2. The molecule has 0 spiro atoms. The van der Waals surface area contributed by atoms with Gasteiger partial charge in [-0.2, -0.15) is 13.2 Å². The average Bonchev–Trinajstić information content (AvgIpc) is 2.04. The second-order valence-corrected chi connectivity index (χ2v) is 2.54. The van der Waals surface area contributed by atoms with E-state index in [9.17, 15) is 13.2 Å². The van der Waals surface area contributed by atoms with Crippen molar-refractivity contribution < 1.29 is 13.2 Å². The number of nitrogens with two attached hydrogens (primary N) is 1. The molecule has 0 amide bonds. The molecule has 1 aromatic rings. The van der Waals surface area contributed by atoms with Gasteiger partial charge in [0.25, 0.3) is 0 Å². The van der Waals surface area contributed by atoms with Gasteiger partial charge in [0.1, 0.15) is 0 Å². The maximum absolute atomic E-state index is 12.3. The van der Waals surface area contributed by atoms with E-state index >= 15 is 0 Å². The molecule has 14 heavy (non-hydrogen) atoms. The molecule has 0 aromatic heterocycles. The number of hydrazine groups is 1. The third kappa shape index (κ3) is 3.17. The molecular weight excluding hydrogens is 217 g/mol. The van der Waals surface area contributed by atoms with Crippen molar-refractivity contribution in [3.05, 3.63) is 35.4 Å². The van der Waals surface area contributed by atoms with Crippen LogP contribution in [0.15, 0.2) is 24.3 Å². The second-order valence-electron chi connectivity index (χ2n) is 2.54. The summed E-state index contributed by atoms with van der Waals surface area (Å²) in [6.45, 7) is 0.00961. The Morgan fingerprint density at radius 1 is 1.21 bits per heavy atom. The van der Waals surface area contributed by atoms with Crippen molar-refractivity contribution in [2.75, 3.05) is 0 Å². The van der Waals surface area contributed by atoms with Gasteiger partial charge in [-0.3, -0.25) is 11.3 Å². The van der Waals surface area contributed by atoms with Gasteiger partial charge in [-0.25, -0.2) is 0 Å². The number of alkyl halides is 3. The predicted molar refractivity (Wildman–Crippen MR) is 49.7 cm³/mol. The van der Waals surface area contributed by atoms with Crippen LogP contribution >= 0.6 is 12.4 Å². The van der Waals surface area contributed by atoms with E-state index < -0.39 is 11.7 Å². The van der Waals surface area contributed by atoms with E-state index in [4.69, 9.17) is 5.84 Å². The van der Waals surface area contributed by atoms with E-state index in [2.05, 4.69) is 5.43 Å². The minimum atomic E-state index is -4.31. The zero-order chi connectivity index (χ0) is 9.90. The summed E-state index contributed by atoms with van der Waals surface area (Å²) < 4.78 is 36.9. The molecule has 0 aliphatic rings. The van der Waals surface area contributed by atoms with Gasteiger partial charge in [-0.15, -0.1) is 12.4 Å². The van der Waals surface area contributed by atoms with Crippen LogP contribution in [-0.4, -0.2) is 0 Å². The SMILES string of the molecule is Cl.NNCc1ccccc1C(F)(F)F. The average molecular weight is 227 g/mol. The summed E-state index contributed by atoms with van der Waals surface area (Å²) >= 11 is 0. The quantitative estimate of drug-likeness (QED) is 0.599. The van der Waals surface area contributed by atoms with Crippen molar-refractivity contribution in [1.82, 2.24) is 5.43 Å². The maximum atomic E-state index is 12.3. The molecule has 0 heterocycles. The van der Waals surface area contributed by atoms with Gasteiger partial charge in [0.15, 0.2) is 0 Å². The third-order valence-corrected chi connectivity index (χ3v) is 1.62. The molecule has 80 valence electrons. The Labute approximate surface area is 85.7 Å². The normalized spacial score (nSPS) is 10.9. The molecule has 0 bridgehead atoms. The largest absolute Gasteiger partial charge is 0.416 e. The fraction of sp³-hybridized carbons (Fsp3) is 0.250. The first-order valence-electron chi connectivity index (χ1n) is 3.64. The summed E-state index contributed by atoms with van der Waals surface area (Å²) in [5.41, 5.74) is 1.70. The molecule has 0 unspecified atom stereocenters. The minimum absolute atomic E-state index is 0. The van der Waals surface area contributed by atoms with Crippen LogP contribution in [0.5, 0.6) is 0 Å². The smallest absolute Gasteiger partial charge is 0.271 e. The summed E-state index contributed by atoms with van der Waals surface area (Å²) in [7, 11) is 0. The number of halogens is 4. The number of hydrogen-bond acceptors (Lipinski definition) is 2. The Kier molecular flexibility index (Phi) is 4.90. The molecule has 1 rings (SSSR count). The number of nitrogens with one attached hydrogen (secondary N) is 1. The Balaban J connectivity index is 0.00000169. The van der Waals surface area contributed by atoms with Gasteiger partial charge < -0.3 is 0 Å². The van der Waals surface area contributed by atoms with Crippen molar-refractivity contribution in [3.8, 4) is 0 Å². The van der Waals surface area contributed by atoms with Crippen molar-refractivity contribution in [2.45, 2.75) is 12.7 Å². The second kappa shape index (κ2) is 5.19. The molecule has 0 saturated heterocycles. The molecule has 0 aliphatic carbocycles. The van der Waals surface area contributed by atoms with E-state index in [-0.39, 0.29) is 24.5 Å². The Hall–Kier alpha value is -0.780. The molecule has 0 aliphatic heterocycles. The Bertz CT molecular complexity index is 288. The molecule has 1 aromatic carbocycles. The highest BCUT2D eigenvalue weighted by Crippen LogP contribution is 2.31. The highest BCUT2D eigenvalue weighted by atomic mass is 35.5. The van der Waals surface area contributed by atoms with Crippen molar-refractivity contribution >= 4 is 12.4 Å². The van der Waals surface area contributed by atoms with E-state index in [0.29, 0.717) is 0 Å². The molecule has 0 saturated carbocycles. The van der Waals surface area contributed by atoms with Crippen LogP contribution in [0, 0.1) is 0 Å². The van der Waals surface area contributed by atoms with Gasteiger partial charge in [-0.05, 0) is 11.6 Å². The van der Waals surface area contributed by atoms with Crippen LogP contribution < -0.4 is 11.3 Å². The van der Waals surface area contributed by atoms with Crippen LogP contribution in [0.1, 0.15) is 11.1 Å². The first-order valence-corrected chi connectivity index (χ1v) is 3.64. The monoisotopic (exact) mass is 226 g/mol. The molecule has 3 N–H and O–H groups in total. The number of benzene rings is 1. The highest BCUT2D eigenvalue weighted by molar-refractivity contribution is 5.85. The van der Waals surface area contributed by atoms with Gasteiger partial charge in [0, 0.05) is 6.54 Å². The van der Waals surface area contributed by atoms with Gasteiger partial charge in [0.2, 0.25) is 0 Å². The predicted octanol–water partition coefficient (Wildman–Crippen LogP) is 2.09. The fourth-order valence-corrected chi connectivity index (χ4v) is 1.06. The zero-order valence-corrected chi connectivity index (χ0v) is 7.95. The lowest BCUT2D eigenvalue weighted by Gasteiger charge is -2.11. The standard InChI is InChI=1S/C8H9F3N2.ClH/c9-8(10,11)7-4-2-1-3-6(7)5-13-12;/h1-4,13H,5,12H2;1H. The van der Waals surface area contributed by atoms with Gasteiger partial charge in [0.05, 0.1) is 5.56 Å². The van der Waals surface area contributed by atoms with E-state index in [1.54, 1.807) is 6.07 Å². The summed E-state index contributed by atoms with van der Waals surface area (Å²) in [5, 5.41) is 0. The summed E-state index contributed by atoms with van der Waals surface area (Å²) in [5.74, 6) is 4.96. The minimum Gasteiger partial charge on any atom is -0.271 e. The third-order valence-electron chi connectivity index (χ3n) is 1.62. The van der Waals surface area contributed by atoms with Crippen LogP contribution in [0.3, 0.4) is 0 Å². The zero-order valence-electron chi connectivity index (χ0n) is 7.14. The Morgan fingerprint density at radius 3 is 2.29 bits per heavy atom. The molecule has 0 fully saturated rings. The topological polar surface area (TPSA) is 38.0 Å². The molecule has 0 radical (unpaired) electrons. The van der Waals surface area contributed by atoms with Crippen LogP contribution in [-0.2, 0) is 12.7 Å². The van der Waals surface area contributed by atoms with E-state index in [1.807, 2.05) is 0 Å². The lowest BCUT2D eigenvalue weighted by molar-refractivity contribution is -0.138. The highest BCUT2D eigenvalue weighted by Gasteiger charge is 2.32. The Morgan fingerprint density at radius 2 is 1.79 bits per heavy atom. The van der Waals surface area contributed by atoms with E-state index in [1.165, 1.54) is 12.1 Å². The first kappa shape index (κ1) is 13.2. The molecule has 6 heteroatoms. The van der Waals surface area contributed by atoms with Crippen LogP contribution in [0.25, 0.3) is 0 Å². The maximum Gasteiger partial charge on any atom is 0.416 e. The van der Waals surface area contributed by atoms with Crippen molar-refractivity contribution in [3.63, 3.8) is 0 Å². The summed E-state index contributed by atoms with van der Waals surface area (Å²) in [6, 6.07) is 5.32. The number of rotatable bonds is 2. The van der Waals surface area contributed by atoms with Crippen molar-refractivity contribution in [1.29, 1.82) is 0 Å². The molecule has 0 atom stereocenters. The first-order chi connectivity index (χ1) is 6.05. The molecule has 2 nitrogen and oxygen atoms in total. The van der Waals surface area contributed by atoms with Crippen molar-refractivity contribution in [2.24, 2.45) is 5.84 Å². The van der Waals surface area contributed by atoms with Gasteiger partial charge in [-0.1, -0.05) is 18.2 Å². The summed E-state index contributed by atoms with van der Waals surface area (Å²) in [4.78, 5) is 0. The van der Waals surface area contributed by atoms with Crippen LogP contribution in [0.4, 0.5) is 13.2 Å². The number of hydrogen-bond donors (Lipinski definition) is 2. The van der Waals surface area contributed by atoms with Gasteiger partial charge >= 0.3 is 6.18 Å².